The first kappa shape index (κ1) is 15.0. The molecule has 0 aliphatic heterocycles. The molecule has 100 valence electrons. The molecule has 0 spiro atoms. The van der Waals surface area contributed by atoms with Crippen LogP contribution in [0.3, 0.4) is 0 Å². The third-order valence-electron chi connectivity index (χ3n) is 3.18. The van der Waals surface area contributed by atoms with Gasteiger partial charge in [-0.2, -0.15) is 4.31 Å². The van der Waals surface area contributed by atoms with Crippen molar-refractivity contribution in [3.63, 3.8) is 0 Å². The Morgan fingerprint density at radius 2 is 1.94 bits per heavy atom. The zero-order valence-electron chi connectivity index (χ0n) is 10.3. The molecule has 1 aliphatic rings. The number of alkyl halides is 1. The molecule has 0 N–H and O–H groups in total. The van der Waals surface area contributed by atoms with Crippen LogP contribution in [0.5, 0.6) is 0 Å². The van der Waals surface area contributed by atoms with E-state index in [-0.39, 0.29) is 11.8 Å². The molecular weight excluding hydrogens is 258 g/mol. The van der Waals surface area contributed by atoms with Gasteiger partial charge in [0.1, 0.15) is 0 Å². The maximum atomic E-state index is 12.2. The number of hydrogen-bond acceptors (Lipinski definition) is 2. The van der Waals surface area contributed by atoms with E-state index < -0.39 is 10.0 Å². The van der Waals surface area contributed by atoms with Crippen molar-refractivity contribution in [3.05, 3.63) is 12.7 Å². The fourth-order valence-electron chi connectivity index (χ4n) is 2.31. The van der Waals surface area contributed by atoms with Gasteiger partial charge in [0.05, 0.1) is 5.75 Å². The highest BCUT2D eigenvalue weighted by molar-refractivity contribution is 7.89. The minimum absolute atomic E-state index is 0.189. The fraction of sp³-hybridized carbons (Fsp3) is 0.833. The van der Waals surface area contributed by atoms with Crippen molar-refractivity contribution in [3.8, 4) is 0 Å². The molecule has 0 bridgehead atoms. The summed E-state index contributed by atoms with van der Waals surface area (Å²) in [6, 6.07) is 0.189. The molecule has 1 aliphatic carbocycles. The highest BCUT2D eigenvalue weighted by Crippen LogP contribution is 2.26. The Hall–Kier alpha value is -0.0600. The van der Waals surface area contributed by atoms with Crippen LogP contribution < -0.4 is 0 Å². The molecule has 0 atom stereocenters. The second kappa shape index (κ2) is 7.39. The Bertz CT molecular complexity index is 323. The topological polar surface area (TPSA) is 37.4 Å². The minimum Gasteiger partial charge on any atom is -0.212 e. The first-order valence-electron chi connectivity index (χ1n) is 6.28. The second-order valence-electron chi connectivity index (χ2n) is 4.51. The molecule has 1 saturated carbocycles. The SMILES string of the molecule is C=CCN(C1CCCC1)S(=O)(=O)CCCCCl. The Morgan fingerprint density at radius 1 is 1.29 bits per heavy atom. The summed E-state index contributed by atoms with van der Waals surface area (Å²) in [5.74, 6) is 0.741. The number of unbranched alkanes of at least 4 members (excludes halogenated alkanes) is 1. The summed E-state index contributed by atoms with van der Waals surface area (Å²) in [4.78, 5) is 0. The largest absolute Gasteiger partial charge is 0.214 e. The number of halogens is 1. The lowest BCUT2D eigenvalue weighted by atomic mass is 10.2. The van der Waals surface area contributed by atoms with Gasteiger partial charge in [0.25, 0.3) is 0 Å². The smallest absolute Gasteiger partial charge is 0.212 e. The Balaban J connectivity index is 2.63. The van der Waals surface area contributed by atoms with Crippen molar-refractivity contribution in [2.45, 2.75) is 44.6 Å². The van der Waals surface area contributed by atoms with E-state index in [1.54, 1.807) is 10.4 Å². The molecule has 0 radical (unpaired) electrons. The molecule has 0 unspecified atom stereocenters. The molecule has 0 saturated heterocycles. The molecule has 1 fully saturated rings. The first-order chi connectivity index (χ1) is 8.11. The van der Waals surface area contributed by atoms with Gasteiger partial charge in [-0.1, -0.05) is 18.9 Å². The van der Waals surface area contributed by atoms with Crippen LogP contribution in [0.1, 0.15) is 38.5 Å². The lowest BCUT2D eigenvalue weighted by molar-refractivity contribution is 0.347. The van der Waals surface area contributed by atoms with Crippen LogP contribution in [0.25, 0.3) is 0 Å². The molecule has 0 amide bonds. The van der Waals surface area contributed by atoms with Gasteiger partial charge in [-0.3, -0.25) is 0 Å². The Labute approximate surface area is 110 Å². The maximum Gasteiger partial charge on any atom is 0.214 e. The van der Waals surface area contributed by atoms with Crippen LogP contribution in [0.2, 0.25) is 0 Å². The molecule has 5 heteroatoms. The molecule has 1 rings (SSSR count). The molecule has 3 nitrogen and oxygen atoms in total. The molecule has 0 heterocycles. The van der Waals surface area contributed by atoms with Crippen molar-refractivity contribution >= 4 is 21.6 Å². The highest BCUT2D eigenvalue weighted by Gasteiger charge is 2.30. The van der Waals surface area contributed by atoms with Gasteiger partial charge in [-0.25, -0.2) is 8.42 Å². The standard InChI is InChI=1S/C12H22ClNO2S/c1-2-10-14(12-7-3-4-8-12)17(15,16)11-6-5-9-13/h2,12H,1,3-11H2. The minimum atomic E-state index is -3.14. The summed E-state index contributed by atoms with van der Waals surface area (Å²) in [5.41, 5.74) is 0. The predicted molar refractivity (Wildman–Crippen MR) is 72.9 cm³/mol. The predicted octanol–water partition coefficient (Wildman–Crippen LogP) is 2.77. The van der Waals surface area contributed by atoms with E-state index in [2.05, 4.69) is 6.58 Å². The summed E-state index contributed by atoms with van der Waals surface area (Å²) < 4.78 is 26.1. The van der Waals surface area contributed by atoms with Gasteiger partial charge >= 0.3 is 0 Å². The van der Waals surface area contributed by atoms with Crippen molar-refractivity contribution in [1.29, 1.82) is 0 Å². The van der Waals surface area contributed by atoms with Crippen LogP contribution in [-0.2, 0) is 10.0 Å². The van der Waals surface area contributed by atoms with Crippen LogP contribution >= 0.6 is 11.6 Å². The monoisotopic (exact) mass is 279 g/mol. The van der Waals surface area contributed by atoms with Crippen molar-refractivity contribution in [2.75, 3.05) is 18.2 Å². The molecule has 0 aromatic carbocycles. The number of nitrogens with zero attached hydrogens (tertiary/aromatic N) is 1. The van der Waals surface area contributed by atoms with Gasteiger partial charge in [0.2, 0.25) is 10.0 Å². The molecule has 17 heavy (non-hydrogen) atoms. The molecule has 0 aromatic rings. The normalized spacial score (nSPS) is 17.8. The van der Waals surface area contributed by atoms with Gasteiger partial charge in [0.15, 0.2) is 0 Å². The quantitative estimate of drug-likeness (QED) is 0.389. The van der Waals surface area contributed by atoms with Crippen LogP contribution in [0.15, 0.2) is 12.7 Å². The lowest BCUT2D eigenvalue weighted by Gasteiger charge is -2.26. The average Bonchev–Trinajstić information content (AvgIpc) is 2.79. The Morgan fingerprint density at radius 3 is 2.47 bits per heavy atom. The Kier molecular flexibility index (Phi) is 6.52. The second-order valence-corrected chi connectivity index (χ2v) is 6.93. The van der Waals surface area contributed by atoms with Gasteiger partial charge < -0.3 is 0 Å². The lowest BCUT2D eigenvalue weighted by Crippen LogP contribution is -2.40. The zero-order valence-corrected chi connectivity index (χ0v) is 11.8. The van der Waals surface area contributed by atoms with Crippen molar-refractivity contribution < 1.29 is 8.42 Å². The summed E-state index contributed by atoms with van der Waals surface area (Å²) in [7, 11) is -3.14. The number of hydrogen-bond donors (Lipinski definition) is 0. The van der Waals surface area contributed by atoms with E-state index in [9.17, 15) is 8.42 Å². The molecule has 0 aromatic heterocycles. The van der Waals surface area contributed by atoms with E-state index >= 15 is 0 Å². The van der Waals surface area contributed by atoms with Gasteiger partial charge in [-0.05, 0) is 25.7 Å². The number of sulfonamides is 1. The van der Waals surface area contributed by atoms with Crippen LogP contribution in [0, 0.1) is 0 Å². The van der Waals surface area contributed by atoms with E-state index in [4.69, 9.17) is 11.6 Å². The van der Waals surface area contributed by atoms with E-state index in [1.807, 2.05) is 0 Å². The molecular formula is C12H22ClNO2S. The van der Waals surface area contributed by atoms with E-state index in [1.165, 1.54) is 0 Å². The van der Waals surface area contributed by atoms with E-state index in [0.29, 0.717) is 18.8 Å². The van der Waals surface area contributed by atoms with Gasteiger partial charge in [-0.15, -0.1) is 18.2 Å². The van der Waals surface area contributed by atoms with Crippen molar-refractivity contribution in [2.24, 2.45) is 0 Å². The summed E-state index contributed by atoms with van der Waals surface area (Å²) in [6.45, 7) is 4.09. The highest BCUT2D eigenvalue weighted by atomic mass is 35.5. The van der Waals surface area contributed by atoms with Crippen LogP contribution in [-0.4, -0.2) is 36.9 Å². The average molecular weight is 280 g/mol. The zero-order chi connectivity index (χ0) is 12.7. The summed E-state index contributed by atoms with van der Waals surface area (Å²) >= 11 is 5.57. The summed E-state index contributed by atoms with van der Waals surface area (Å²) in [6.07, 6.45) is 7.33. The van der Waals surface area contributed by atoms with Crippen LogP contribution in [0.4, 0.5) is 0 Å². The number of rotatable bonds is 8. The van der Waals surface area contributed by atoms with Gasteiger partial charge in [0, 0.05) is 18.5 Å². The first-order valence-corrected chi connectivity index (χ1v) is 8.42. The third-order valence-corrected chi connectivity index (χ3v) is 5.42. The summed E-state index contributed by atoms with van der Waals surface area (Å²) in [5, 5.41) is 0. The van der Waals surface area contributed by atoms with E-state index in [0.717, 1.165) is 32.1 Å². The third kappa shape index (κ3) is 4.60. The van der Waals surface area contributed by atoms with Crippen molar-refractivity contribution in [1.82, 2.24) is 4.31 Å². The maximum absolute atomic E-state index is 12.2. The fourth-order valence-corrected chi connectivity index (χ4v) is 4.30.